The maximum atomic E-state index is 5.75. The summed E-state index contributed by atoms with van der Waals surface area (Å²) < 4.78 is 0. The Morgan fingerprint density at radius 1 is 1.36 bits per heavy atom. The minimum atomic E-state index is 0.808. The number of aromatic nitrogens is 2. The lowest BCUT2D eigenvalue weighted by Crippen LogP contribution is -2.37. The quantitative estimate of drug-likeness (QED) is 0.768. The van der Waals surface area contributed by atoms with Crippen LogP contribution in [-0.2, 0) is 0 Å². The Balaban J connectivity index is 2.21. The standard InChI is InChI=1S/C9H10N4S/c10-7-4-6-8(13-2-1-3-13)11-5-12-9(6)14-7/h4-5H,1-3,10H2. The fraction of sp³-hybridized carbons (Fsp3) is 0.333. The lowest BCUT2D eigenvalue weighted by Gasteiger charge is -2.32. The molecule has 0 aromatic carbocycles. The Labute approximate surface area is 85.4 Å². The number of nitrogens with zero attached hydrogens (tertiary/aromatic N) is 3. The lowest BCUT2D eigenvalue weighted by atomic mass is 10.2. The van der Waals surface area contributed by atoms with Crippen molar-refractivity contribution in [2.45, 2.75) is 6.42 Å². The van der Waals surface area contributed by atoms with Crippen LogP contribution in [0.3, 0.4) is 0 Å². The molecule has 2 N–H and O–H groups in total. The maximum absolute atomic E-state index is 5.75. The predicted molar refractivity (Wildman–Crippen MR) is 58.7 cm³/mol. The molecule has 0 amide bonds. The van der Waals surface area contributed by atoms with Crippen LogP contribution in [0.25, 0.3) is 10.2 Å². The predicted octanol–water partition coefficient (Wildman–Crippen LogP) is 1.48. The van der Waals surface area contributed by atoms with Crippen LogP contribution >= 0.6 is 11.3 Å². The minimum Gasteiger partial charge on any atom is -0.391 e. The van der Waals surface area contributed by atoms with Crippen LogP contribution in [0.5, 0.6) is 0 Å². The summed E-state index contributed by atoms with van der Waals surface area (Å²) in [6.07, 6.45) is 2.87. The van der Waals surface area contributed by atoms with E-state index in [2.05, 4.69) is 14.9 Å². The van der Waals surface area contributed by atoms with E-state index in [1.165, 1.54) is 17.8 Å². The van der Waals surface area contributed by atoms with Crippen molar-refractivity contribution in [1.29, 1.82) is 0 Å². The summed E-state index contributed by atoms with van der Waals surface area (Å²) in [5.74, 6) is 1.04. The minimum absolute atomic E-state index is 0.808. The Morgan fingerprint density at radius 2 is 2.21 bits per heavy atom. The first kappa shape index (κ1) is 7.99. The van der Waals surface area contributed by atoms with Crippen molar-refractivity contribution in [2.24, 2.45) is 0 Å². The van der Waals surface area contributed by atoms with Gasteiger partial charge in [-0.15, -0.1) is 0 Å². The molecule has 0 atom stereocenters. The van der Waals surface area contributed by atoms with Crippen molar-refractivity contribution in [3.63, 3.8) is 0 Å². The Morgan fingerprint density at radius 3 is 2.93 bits per heavy atom. The van der Waals surface area contributed by atoms with E-state index >= 15 is 0 Å². The first-order valence-corrected chi connectivity index (χ1v) is 5.41. The lowest BCUT2D eigenvalue weighted by molar-refractivity contribution is 0.612. The topological polar surface area (TPSA) is 55.0 Å². The fourth-order valence-electron chi connectivity index (χ4n) is 1.64. The molecule has 14 heavy (non-hydrogen) atoms. The molecule has 0 unspecified atom stereocenters. The Hall–Kier alpha value is -1.36. The molecule has 72 valence electrons. The Kier molecular flexibility index (Phi) is 1.61. The van der Waals surface area contributed by atoms with Crippen molar-refractivity contribution in [3.05, 3.63) is 12.4 Å². The SMILES string of the molecule is Nc1cc2c(N3CCC3)ncnc2s1. The van der Waals surface area contributed by atoms with Gasteiger partial charge in [-0.2, -0.15) is 0 Å². The zero-order valence-corrected chi connectivity index (χ0v) is 8.42. The molecule has 0 aliphatic carbocycles. The van der Waals surface area contributed by atoms with Gasteiger partial charge < -0.3 is 10.6 Å². The van der Waals surface area contributed by atoms with Gasteiger partial charge in [0.05, 0.1) is 10.4 Å². The van der Waals surface area contributed by atoms with Crippen molar-refractivity contribution < 1.29 is 0 Å². The zero-order valence-electron chi connectivity index (χ0n) is 7.60. The van der Waals surface area contributed by atoms with Gasteiger partial charge in [-0.25, -0.2) is 9.97 Å². The van der Waals surface area contributed by atoms with Gasteiger partial charge in [0.25, 0.3) is 0 Å². The molecule has 2 aromatic heterocycles. The highest BCUT2D eigenvalue weighted by atomic mass is 32.1. The number of thiophene rings is 1. The summed E-state index contributed by atoms with van der Waals surface area (Å²) in [4.78, 5) is 11.8. The number of hydrogen-bond acceptors (Lipinski definition) is 5. The molecule has 0 spiro atoms. The van der Waals surface area contributed by atoms with Gasteiger partial charge in [0.15, 0.2) is 0 Å². The van der Waals surface area contributed by atoms with E-state index in [0.29, 0.717) is 0 Å². The highest BCUT2D eigenvalue weighted by Crippen LogP contribution is 2.32. The van der Waals surface area contributed by atoms with Gasteiger partial charge in [-0.05, 0) is 12.5 Å². The average Bonchev–Trinajstić information content (AvgIpc) is 2.43. The van der Waals surface area contributed by atoms with Gasteiger partial charge >= 0.3 is 0 Å². The van der Waals surface area contributed by atoms with Gasteiger partial charge in [-0.3, -0.25) is 0 Å². The van der Waals surface area contributed by atoms with Gasteiger partial charge in [0, 0.05) is 13.1 Å². The smallest absolute Gasteiger partial charge is 0.140 e. The van der Waals surface area contributed by atoms with Gasteiger partial charge in [-0.1, -0.05) is 11.3 Å². The van der Waals surface area contributed by atoms with E-state index in [1.54, 1.807) is 6.33 Å². The average molecular weight is 206 g/mol. The van der Waals surface area contributed by atoms with Crippen LogP contribution in [0, 0.1) is 0 Å². The third-order valence-electron chi connectivity index (χ3n) is 2.48. The second-order valence-electron chi connectivity index (χ2n) is 3.41. The fourth-order valence-corrected chi connectivity index (χ4v) is 2.40. The largest absolute Gasteiger partial charge is 0.391 e. The van der Waals surface area contributed by atoms with E-state index in [9.17, 15) is 0 Å². The third-order valence-corrected chi connectivity index (χ3v) is 3.36. The number of fused-ring (bicyclic) bond motifs is 1. The number of hydrogen-bond donors (Lipinski definition) is 1. The molecule has 1 saturated heterocycles. The van der Waals surface area contributed by atoms with Crippen LogP contribution in [0.15, 0.2) is 12.4 Å². The summed E-state index contributed by atoms with van der Waals surface area (Å²) >= 11 is 1.52. The van der Waals surface area contributed by atoms with E-state index in [-0.39, 0.29) is 0 Å². The Bertz CT molecular complexity index is 475. The molecule has 4 nitrogen and oxygen atoms in total. The number of anilines is 2. The first-order chi connectivity index (χ1) is 6.84. The molecular weight excluding hydrogens is 196 g/mol. The van der Waals surface area contributed by atoms with Crippen molar-refractivity contribution >= 4 is 32.4 Å². The molecule has 3 rings (SSSR count). The molecule has 3 heterocycles. The summed E-state index contributed by atoms with van der Waals surface area (Å²) in [7, 11) is 0. The second-order valence-corrected chi connectivity index (χ2v) is 4.47. The van der Waals surface area contributed by atoms with E-state index < -0.39 is 0 Å². The molecule has 5 heteroatoms. The van der Waals surface area contributed by atoms with Crippen LogP contribution in [0.4, 0.5) is 10.8 Å². The summed E-state index contributed by atoms with van der Waals surface area (Å²) in [5, 5.41) is 1.90. The van der Waals surface area contributed by atoms with Crippen LogP contribution in [0.1, 0.15) is 6.42 Å². The van der Waals surface area contributed by atoms with E-state index in [4.69, 9.17) is 5.73 Å². The molecule has 0 radical (unpaired) electrons. The molecule has 2 aromatic rings. The molecular formula is C9H10N4S. The van der Waals surface area contributed by atoms with Crippen LogP contribution < -0.4 is 10.6 Å². The number of nitrogen functional groups attached to an aromatic ring is 1. The van der Waals surface area contributed by atoms with E-state index in [0.717, 1.165) is 34.1 Å². The van der Waals surface area contributed by atoms with E-state index in [1.807, 2.05) is 6.07 Å². The maximum Gasteiger partial charge on any atom is 0.140 e. The van der Waals surface area contributed by atoms with Crippen LogP contribution in [-0.4, -0.2) is 23.1 Å². The first-order valence-electron chi connectivity index (χ1n) is 4.59. The summed E-state index contributed by atoms with van der Waals surface area (Å²) in [6, 6.07) is 1.97. The summed E-state index contributed by atoms with van der Waals surface area (Å²) in [6.45, 7) is 2.20. The molecule has 0 bridgehead atoms. The highest BCUT2D eigenvalue weighted by Gasteiger charge is 2.19. The summed E-state index contributed by atoms with van der Waals surface area (Å²) in [5.41, 5.74) is 5.75. The third kappa shape index (κ3) is 1.05. The highest BCUT2D eigenvalue weighted by molar-refractivity contribution is 7.22. The molecule has 1 aliphatic rings. The van der Waals surface area contributed by atoms with Crippen molar-refractivity contribution in [3.8, 4) is 0 Å². The van der Waals surface area contributed by atoms with Crippen molar-refractivity contribution in [2.75, 3.05) is 23.7 Å². The number of rotatable bonds is 1. The molecule has 0 saturated carbocycles. The van der Waals surface area contributed by atoms with Crippen LogP contribution in [0.2, 0.25) is 0 Å². The molecule has 1 fully saturated rings. The second kappa shape index (κ2) is 2.81. The monoisotopic (exact) mass is 206 g/mol. The van der Waals surface area contributed by atoms with Gasteiger partial charge in [0.2, 0.25) is 0 Å². The molecule has 1 aliphatic heterocycles. The number of nitrogens with two attached hydrogens (primary N) is 1. The van der Waals surface area contributed by atoms with Crippen molar-refractivity contribution in [1.82, 2.24) is 9.97 Å². The normalized spacial score (nSPS) is 15.9. The van der Waals surface area contributed by atoms with Gasteiger partial charge in [0.1, 0.15) is 17.0 Å². The zero-order chi connectivity index (χ0) is 9.54.